The Labute approximate surface area is 304 Å². The molecule has 4 bridgehead atoms. The topological polar surface area (TPSA) is 153 Å². The van der Waals surface area contributed by atoms with Gasteiger partial charge in [0.05, 0.1) is 40.9 Å². The lowest BCUT2D eigenvalue weighted by molar-refractivity contribution is -0.187. The number of amides is 2. The van der Waals surface area contributed by atoms with E-state index in [1.54, 1.807) is 39.0 Å². The molecule has 0 spiro atoms. The summed E-state index contributed by atoms with van der Waals surface area (Å²) >= 11 is 6.70. The third kappa shape index (κ3) is 8.25. The third-order valence-corrected chi connectivity index (χ3v) is 10.5. The standard InChI is InChI=1S/C37H43ClF3N3O8/c1-19-8-7-9-28(49-6)36(48)17-27(50-31(46)18-36)21(3)33-35(4,52-33)29(16-30(45)44(5)26-14-22(12-19)13-20(2)32(26)38)51-34(47)43-25-11-10-23(42)15-24(25)37(39,40)41/h7-11,13-15,21,27-29,33,48H,12,16-18,42H2,1-6H3,(H,43,47)/b9-7+,19-8+/t21-,27+,28-,29+,33+,35+,36-/m1/s1. The van der Waals surface area contributed by atoms with Crippen molar-refractivity contribution in [2.24, 2.45) is 5.92 Å². The van der Waals surface area contributed by atoms with Crippen molar-refractivity contribution in [1.29, 1.82) is 0 Å². The van der Waals surface area contributed by atoms with Gasteiger partial charge in [0, 0.05) is 32.2 Å². The minimum atomic E-state index is -4.85. The number of halogens is 4. The number of aliphatic hydroxyl groups is 1. The zero-order valence-corrected chi connectivity index (χ0v) is 30.4. The fourth-order valence-corrected chi connectivity index (χ4v) is 7.31. The maximum absolute atomic E-state index is 14.0. The molecule has 0 unspecified atom stereocenters. The SMILES string of the molecule is CO[C@@H]1/C=C/C=C(\C)Cc2cc(C)c(Cl)c(c2)N(C)C(=O)C[C@H](OC(=O)Nc2ccc(N)cc2C(F)(F)F)[C@]2(C)O[C@H]2[C@H](C)[C@@H]2C[C@@]1(O)CC(=O)O2. The van der Waals surface area contributed by atoms with Crippen LogP contribution in [0.25, 0.3) is 0 Å². The first-order valence-corrected chi connectivity index (χ1v) is 17.1. The number of nitrogen functional groups attached to an aromatic ring is 1. The Hall–Kier alpha value is -4.11. The third-order valence-electron chi connectivity index (χ3n) is 10.0. The highest BCUT2D eigenvalue weighted by Crippen LogP contribution is 2.50. The molecule has 3 heterocycles. The Morgan fingerprint density at radius 1 is 1.19 bits per heavy atom. The minimum Gasteiger partial charge on any atom is -0.462 e. The number of aryl methyl sites for hydroxylation is 1. The Bertz CT molecular complexity index is 1800. The molecule has 2 aromatic carbocycles. The number of nitrogens with one attached hydrogen (secondary N) is 1. The van der Waals surface area contributed by atoms with Crippen LogP contribution in [0.1, 0.15) is 56.7 Å². The Morgan fingerprint density at radius 2 is 1.90 bits per heavy atom. The van der Waals surface area contributed by atoms with Gasteiger partial charge >= 0.3 is 18.2 Å². The van der Waals surface area contributed by atoms with E-state index in [2.05, 4.69) is 5.32 Å². The van der Waals surface area contributed by atoms with Crippen LogP contribution in [0.3, 0.4) is 0 Å². The van der Waals surface area contributed by atoms with Crippen LogP contribution in [0.15, 0.2) is 54.1 Å². The van der Waals surface area contributed by atoms with Crippen LogP contribution >= 0.6 is 11.6 Å². The summed E-state index contributed by atoms with van der Waals surface area (Å²) in [4.78, 5) is 41.5. The zero-order valence-electron chi connectivity index (χ0n) is 29.7. The van der Waals surface area contributed by atoms with E-state index < -0.39 is 83.4 Å². The molecule has 2 saturated heterocycles. The van der Waals surface area contributed by atoms with Crippen molar-refractivity contribution in [2.45, 2.75) is 95.2 Å². The summed E-state index contributed by atoms with van der Waals surface area (Å²) in [6.07, 6.45) is -5.02. The lowest BCUT2D eigenvalue weighted by Crippen LogP contribution is -2.53. The van der Waals surface area contributed by atoms with E-state index in [-0.39, 0.29) is 18.5 Å². The summed E-state index contributed by atoms with van der Waals surface area (Å²) in [7, 11) is 2.95. The number of carbonyl (C=O) groups is 3. The summed E-state index contributed by atoms with van der Waals surface area (Å²) in [6.45, 7) is 7.05. The van der Waals surface area contributed by atoms with Crippen molar-refractivity contribution in [3.8, 4) is 0 Å². The Kier molecular flexibility index (Phi) is 11.1. The molecular weight excluding hydrogens is 707 g/mol. The number of hydrogen-bond acceptors (Lipinski definition) is 9. The van der Waals surface area contributed by atoms with Crippen LogP contribution in [0.5, 0.6) is 0 Å². The van der Waals surface area contributed by atoms with Crippen molar-refractivity contribution in [1.82, 2.24) is 0 Å². The fraction of sp³-hybridized carbons (Fsp3) is 0.486. The minimum absolute atomic E-state index is 0.0178. The second kappa shape index (κ2) is 14.7. The largest absolute Gasteiger partial charge is 0.462 e. The molecule has 2 amide bonds. The highest BCUT2D eigenvalue weighted by Gasteiger charge is 2.64. The van der Waals surface area contributed by atoms with Gasteiger partial charge in [-0.1, -0.05) is 48.4 Å². The summed E-state index contributed by atoms with van der Waals surface area (Å²) < 4.78 is 64.7. The van der Waals surface area contributed by atoms with E-state index in [0.29, 0.717) is 28.8 Å². The Balaban J connectivity index is 1.54. The van der Waals surface area contributed by atoms with E-state index in [9.17, 15) is 32.7 Å². The molecule has 0 aromatic heterocycles. The van der Waals surface area contributed by atoms with Crippen molar-refractivity contribution in [3.63, 3.8) is 0 Å². The number of alkyl halides is 3. The average Bonchev–Trinajstić information content (AvgIpc) is 3.75. The second-order valence-electron chi connectivity index (χ2n) is 14.0. The summed E-state index contributed by atoms with van der Waals surface area (Å²) in [5.41, 5.74) is 3.52. The van der Waals surface area contributed by atoms with Gasteiger partial charge in [-0.3, -0.25) is 14.9 Å². The smallest absolute Gasteiger partial charge is 0.418 e. The molecule has 3 aliphatic rings. The molecule has 282 valence electrons. The van der Waals surface area contributed by atoms with Crippen molar-refractivity contribution in [2.75, 3.05) is 30.1 Å². The molecule has 2 fully saturated rings. The number of allylic oxidation sites excluding steroid dienone is 3. The van der Waals surface area contributed by atoms with Gasteiger partial charge in [-0.2, -0.15) is 13.2 Å². The van der Waals surface area contributed by atoms with Crippen LogP contribution in [0.2, 0.25) is 5.02 Å². The van der Waals surface area contributed by atoms with Gasteiger partial charge in [0.2, 0.25) is 5.91 Å². The number of methoxy groups -OCH3 is 1. The van der Waals surface area contributed by atoms with Crippen LogP contribution < -0.4 is 16.0 Å². The summed E-state index contributed by atoms with van der Waals surface area (Å²) in [5.74, 6) is -1.78. The number of fused-ring (bicyclic) bond motifs is 5. The highest BCUT2D eigenvalue weighted by molar-refractivity contribution is 6.34. The maximum Gasteiger partial charge on any atom is 0.418 e. The number of benzene rings is 2. The van der Waals surface area contributed by atoms with E-state index in [4.69, 9.17) is 36.3 Å². The molecule has 7 atom stereocenters. The predicted octanol–water partition coefficient (Wildman–Crippen LogP) is 6.52. The number of nitrogens with two attached hydrogens (primary N) is 1. The first-order chi connectivity index (χ1) is 24.2. The summed E-state index contributed by atoms with van der Waals surface area (Å²) in [5, 5.41) is 14.2. The lowest BCUT2D eigenvalue weighted by Gasteiger charge is -2.41. The molecule has 15 heteroatoms. The van der Waals surface area contributed by atoms with E-state index >= 15 is 0 Å². The number of nitrogens with zero attached hydrogens (tertiary/aromatic N) is 1. The molecule has 4 N–H and O–H groups in total. The highest BCUT2D eigenvalue weighted by atomic mass is 35.5. The van der Waals surface area contributed by atoms with Crippen molar-refractivity contribution >= 4 is 46.6 Å². The molecule has 2 aromatic rings. The Morgan fingerprint density at radius 3 is 2.58 bits per heavy atom. The van der Waals surface area contributed by atoms with Gasteiger partial charge in [-0.25, -0.2) is 4.79 Å². The molecule has 11 nitrogen and oxygen atoms in total. The number of ether oxygens (including phenoxy) is 4. The first-order valence-electron chi connectivity index (χ1n) is 16.7. The van der Waals surface area contributed by atoms with Gasteiger partial charge in [0.1, 0.15) is 29.5 Å². The molecule has 52 heavy (non-hydrogen) atoms. The number of hydrogen-bond donors (Lipinski definition) is 3. The number of rotatable bonds is 3. The van der Waals surface area contributed by atoms with E-state index in [1.165, 1.54) is 25.1 Å². The molecule has 0 radical (unpaired) electrons. The van der Waals surface area contributed by atoms with Crippen molar-refractivity contribution in [3.05, 3.63) is 75.8 Å². The monoisotopic (exact) mass is 749 g/mol. The van der Waals surface area contributed by atoms with E-state index in [1.807, 2.05) is 19.1 Å². The molecule has 5 rings (SSSR count). The van der Waals surface area contributed by atoms with Gasteiger partial charge in [-0.05, 0) is 62.6 Å². The second-order valence-corrected chi connectivity index (χ2v) is 14.4. The van der Waals surface area contributed by atoms with Crippen LogP contribution in [0.4, 0.5) is 35.0 Å². The van der Waals surface area contributed by atoms with E-state index in [0.717, 1.165) is 17.2 Å². The van der Waals surface area contributed by atoms with Gasteiger partial charge in [-0.15, -0.1) is 0 Å². The van der Waals surface area contributed by atoms with Gasteiger partial charge < -0.3 is 34.7 Å². The van der Waals surface area contributed by atoms with Gasteiger partial charge in [0.25, 0.3) is 0 Å². The van der Waals surface area contributed by atoms with Crippen LogP contribution in [-0.4, -0.2) is 72.9 Å². The zero-order chi connectivity index (χ0) is 38.3. The average molecular weight is 750 g/mol. The molecule has 0 aliphatic carbocycles. The number of anilines is 3. The predicted molar refractivity (Wildman–Crippen MR) is 188 cm³/mol. The van der Waals surface area contributed by atoms with Crippen LogP contribution in [-0.2, 0) is 41.1 Å². The quantitative estimate of drug-likeness (QED) is 0.181. The molecular formula is C37H43ClF3N3O8. The maximum atomic E-state index is 14.0. The number of esters is 1. The molecule has 0 saturated carbocycles. The van der Waals surface area contributed by atoms with Crippen LogP contribution in [0, 0.1) is 12.8 Å². The first kappa shape index (κ1) is 39.1. The lowest BCUT2D eigenvalue weighted by atomic mass is 9.78. The number of epoxide rings is 1. The van der Waals surface area contributed by atoms with Gasteiger partial charge in [0.15, 0.2) is 0 Å². The van der Waals surface area contributed by atoms with Crippen molar-refractivity contribution < 1.29 is 51.6 Å². The molecule has 3 aliphatic heterocycles. The normalized spacial score (nSPS) is 31.5. The number of carbonyl (C=O) groups excluding carboxylic acids is 3. The summed E-state index contributed by atoms with van der Waals surface area (Å²) in [6, 6.07) is 6.55. The fourth-order valence-electron chi connectivity index (χ4n) is 7.07.